The number of aromatic nitrogens is 1. The molecule has 0 amide bonds. The van der Waals surface area contributed by atoms with Crippen molar-refractivity contribution >= 4 is 11.4 Å². The van der Waals surface area contributed by atoms with Crippen LogP contribution < -0.4 is 4.90 Å². The van der Waals surface area contributed by atoms with Crippen LogP contribution in [0.3, 0.4) is 0 Å². The number of hydrogen-bond acceptors (Lipinski definition) is 1. The lowest BCUT2D eigenvalue weighted by Gasteiger charge is -2.44. The Morgan fingerprint density at radius 1 is 0.833 bits per heavy atom. The first-order valence-corrected chi connectivity index (χ1v) is 8.48. The van der Waals surface area contributed by atoms with E-state index < -0.39 is 0 Å². The van der Waals surface area contributed by atoms with Gasteiger partial charge in [-0.15, -0.1) is 0 Å². The quantitative estimate of drug-likeness (QED) is 0.553. The highest BCUT2D eigenvalue weighted by Gasteiger charge is 2.39. The molecule has 0 radical (unpaired) electrons. The zero-order valence-corrected chi connectivity index (χ0v) is 13.2. The van der Waals surface area contributed by atoms with E-state index in [1.54, 1.807) is 0 Å². The zero-order valence-electron chi connectivity index (χ0n) is 13.2. The molecule has 3 heterocycles. The van der Waals surface area contributed by atoms with Gasteiger partial charge in [0, 0.05) is 29.6 Å². The average Bonchev–Trinajstić information content (AvgIpc) is 3.30. The molecule has 1 unspecified atom stereocenters. The first kappa shape index (κ1) is 12.4. The third kappa shape index (κ3) is 1.37. The van der Waals surface area contributed by atoms with Gasteiger partial charge in [0.05, 0.1) is 11.4 Å². The van der Waals surface area contributed by atoms with Gasteiger partial charge in [-0.25, -0.2) is 0 Å². The molecule has 2 aromatic carbocycles. The summed E-state index contributed by atoms with van der Waals surface area (Å²) >= 11 is 0. The lowest BCUT2D eigenvalue weighted by atomic mass is 9.85. The zero-order chi connectivity index (χ0) is 15.7. The Labute approximate surface area is 141 Å². The maximum Gasteiger partial charge on any atom is 0.100 e. The minimum atomic E-state index is 0.243. The highest BCUT2D eigenvalue weighted by atomic mass is 15.3. The Balaban J connectivity index is 1.75. The second kappa shape index (κ2) is 4.30. The molecule has 2 aliphatic heterocycles. The molecule has 2 heteroatoms. The topological polar surface area (TPSA) is 8.17 Å². The van der Waals surface area contributed by atoms with Gasteiger partial charge in [0.1, 0.15) is 6.04 Å². The van der Waals surface area contributed by atoms with Crippen LogP contribution >= 0.6 is 0 Å². The number of allylic oxidation sites excluding steroid dienone is 3. The number of fused-ring (bicyclic) bond motifs is 10. The Morgan fingerprint density at radius 3 is 2.62 bits per heavy atom. The monoisotopic (exact) mass is 308 g/mol. The molecule has 2 nitrogen and oxygen atoms in total. The molecule has 1 aromatic heterocycles. The van der Waals surface area contributed by atoms with Crippen molar-refractivity contribution in [3.05, 3.63) is 96.0 Å². The van der Waals surface area contributed by atoms with Crippen LogP contribution in [0.5, 0.6) is 0 Å². The normalized spacial score (nSPS) is 19.5. The van der Waals surface area contributed by atoms with Gasteiger partial charge >= 0.3 is 0 Å². The van der Waals surface area contributed by atoms with Gasteiger partial charge in [-0.1, -0.05) is 48.5 Å². The predicted octanol–water partition coefficient (Wildman–Crippen LogP) is 5.21. The molecule has 0 N–H and O–H groups in total. The molecule has 24 heavy (non-hydrogen) atoms. The molecular weight excluding hydrogens is 292 g/mol. The molecule has 1 aliphatic carbocycles. The maximum absolute atomic E-state index is 2.53. The van der Waals surface area contributed by atoms with Crippen molar-refractivity contribution < 1.29 is 0 Å². The lowest BCUT2D eigenvalue weighted by molar-refractivity contribution is 0.708. The van der Waals surface area contributed by atoms with E-state index in [1.807, 2.05) is 0 Å². The number of rotatable bonds is 0. The van der Waals surface area contributed by atoms with Crippen LogP contribution in [0.1, 0.15) is 23.7 Å². The minimum absolute atomic E-state index is 0.243. The summed E-state index contributed by atoms with van der Waals surface area (Å²) < 4.78 is 2.39. The van der Waals surface area contributed by atoms with E-state index in [1.165, 1.54) is 39.5 Å². The van der Waals surface area contributed by atoms with E-state index in [0.29, 0.717) is 0 Å². The second-order valence-electron chi connectivity index (χ2n) is 6.62. The van der Waals surface area contributed by atoms with E-state index in [4.69, 9.17) is 0 Å². The fourth-order valence-electron chi connectivity index (χ4n) is 4.52. The fraction of sp³-hybridized carbons (Fsp3) is 0.0909. The van der Waals surface area contributed by atoms with Gasteiger partial charge in [-0.2, -0.15) is 0 Å². The lowest BCUT2D eigenvalue weighted by Crippen LogP contribution is -2.36. The molecule has 0 fully saturated rings. The van der Waals surface area contributed by atoms with Crippen molar-refractivity contribution in [3.63, 3.8) is 0 Å². The largest absolute Gasteiger partial charge is 0.326 e. The van der Waals surface area contributed by atoms with Gasteiger partial charge in [0.25, 0.3) is 0 Å². The Morgan fingerprint density at radius 2 is 1.67 bits per heavy atom. The smallest absolute Gasteiger partial charge is 0.100 e. The van der Waals surface area contributed by atoms with Crippen molar-refractivity contribution in [3.8, 4) is 11.1 Å². The van der Waals surface area contributed by atoms with Crippen molar-refractivity contribution in [1.29, 1.82) is 0 Å². The summed E-state index contributed by atoms with van der Waals surface area (Å²) in [6, 6.07) is 22.3. The van der Waals surface area contributed by atoms with E-state index in [2.05, 4.69) is 88.5 Å². The summed E-state index contributed by atoms with van der Waals surface area (Å²) in [7, 11) is 0. The van der Waals surface area contributed by atoms with Crippen molar-refractivity contribution in [2.24, 2.45) is 0 Å². The van der Waals surface area contributed by atoms with Gasteiger partial charge in [0.2, 0.25) is 0 Å². The summed E-state index contributed by atoms with van der Waals surface area (Å²) in [6.45, 7) is 0. The molecule has 0 saturated carbocycles. The second-order valence-corrected chi connectivity index (χ2v) is 6.62. The van der Waals surface area contributed by atoms with Crippen LogP contribution in [0.25, 0.3) is 16.8 Å². The van der Waals surface area contributed by atoms with Crippen LogP contribution in [0.2, 0.25) is 0 Å². The predicted molar refractivity (Wildman–Crippen MR) is 97.6 cm³/mol. The third-order valence-corrected chi connectivity index (χ3v) is 5.46. The highest BCUT2D eigenvalue weighted by Crippen LogP contribution is 2.52. The van der Waals surface area contributed by atoms with Crippen LogP contribution in [0.15, 0.2) is 84.7 Å². The Kier molecular flexibility index (Phi) is 2.22. The Bertz CT molecular complexity index is 1050. The van der Waals surface area contributed by atoms with Gasteiger partial charge < -0.3 is 9.47 Å². The van der Waals surface area contributed by atoms with Crippen LogP contribution in [-0.4, -0.2) is 4.57 Å². The maximum atomic E-state index is 2.53. The number of benzene rings is 2. The first-order chi connectivity index (χ1) is 11.9. The number of hydrogen-bond donors (Lipinski definition) is 0. The van der Waals surface area contributed by atoms with Crippen LogP contribution in [0.4, 0.5) is 5.69 Å². The molecular formula is C22H16N2. The van der Waals surface area contributed by atoms with Crippen molar-refractivity contribution in [2.45, 2.75) is 12.5 Å². The molecule has 1 atom stereocenters. The van der Waals surface area contributed by atoms with E-state index in [0.717, 1.165) is 6.42 Å². The molecule has 3 aromatic rings. The number of nitrogens with zero attached hydrogens (tertiary/aromatic N) is 2. The fourth-order valence-corrected chi connectivity index (χ4v) is 4.52. The SMILES string of the molecule is C1=CC2=C(C1)n1cccc1C1c3ccccc3-c3ccccc3N21. The molecule has 0 spiro atoms. The molecule has 6 rings (SSSR count). The van der Waals surface area contributed by atoms with Crippen molar-refractivity contribution in [2.75, 3.05) is 4.90 Å². The third-order valence-electron chi connectivity index (χ3n) is 5.46. The van der Waals surface area contributed by atoms with Crippen molar-refractivity contribution in [1.82, 2.24) is 4.57 Å². The van der Waals surface area contributed by atoms with Gasteiger partial charge in [0.15, 0.2) is 0 Å². The summed E-state index contributed by atoms with van der Waals surface area (Å²) in [5.41, 5.74) is 9.48. The number of para-hydroxylation sites is 1. The highest BCUT2D eigenvalue weighted by molar-refractivity contribution is 5.90. The molecule has 0 bridgehead atoms. The average molecular weight is 308 g/mol. The van der Waals surface area contributed by atoms with Gasteiger partial charge in [-0.3, -0.25) is 0 Å². The first-order valence-electron chi connectivity index (χ1n) is 8.48. The standard InChI is InChI=1S/C22H16N2/c1-2-9-17-15(7-1)16-8-3-4-10-18(16)24-20-12-5-11-19(20)23-14-6-13-21(23)22(17)24/h1-10,12-14,22H,11H2. The minimum Gasteiger partial charge on any atom is -0.326 e. The summed E-state index contributed by atoms with van der Waals surface area (Å²) in [4.78, 5) is 2.53. The van der Waals surface area contributed by atoms with Crippen LogP contribution in [0, 0.1) is 0 Å². The summed E-state index contributed by atoms with van der Waals surface area (Å²) in [6.07, 6.45) is 7.78. The van der Waals surface area contributed by atoms with E-state index in [-0.39, 0.29) is 6.04 Å². The molecule has 114 valence electrons. The van der Waals surface area contributed by atoms with Gasteiger partial charge in [-0.05, 0) is 35.4 Å². The van der Waals surface area contributed by atoms with Crippen LogP contribution in [-0.2, 0) is 0 Å². The number of anilines is 1. The van der Waals surface area contributed by atoms with E-state index >= 15 is 0 Å². The molecule has 3 aliphatic rings. The summed E-state index contributed by atoms with van der Waals surface area (Å²) in [5.74, 6) is 0. The van der Waals surface area contributed by atoms with E-state index in [9.17, 15) is 0 Å². The summed E-state index contributed by atoms with van der Waals surface area (Å²) in [5, 5.41) is 0. The molecule has 0 saturated heterocycles. The Hall–Kier alpha value is -3.00.